The molecule has 0 bridgehead atoms. The first-order valence-corrected chi connectivity index (χ1v) is 7.73. The van der Waals surface area contributed by atoms with Crippen LogP contribution in [-0.4, -0.2) is 40.0 Å². The second-order valence-corrected chi connectivity index (χ2v) is 5.75. The summed E-state index contributed by atoms with van der Waals surface area (Å²) in [5, 5.41) is 0. The van der Waals surface area contributed by atoms with Crippen LogP contribution in [0.1, 0.15) is 28.8 Å². The molecule has 1 aromatic heterocycles. The summed E-state index contributed by atoms with van der Waals surface area (Å²) in [5.41, 5.74) is 0.438. The van der Waals surface area contributed by atoms with E-state index in [9.17, 15) is 13.6 Å². The van der Waals surface area contributed by atoms with Gasteiger partial charge in [0.2, 0.25) is 0 Å². The van der Waals surface area contributed by atoms with E-state index in [0.29, 0.717) is 31.9 Å². The Morgan fingerprint density at radius 1 is 1.17 bits per heavy atom. The number of benzene rings is 1. The van der Waals surface area contributed by atoms with Gasteiger partial charge in [0.1, 0.15) is 23.3 Å². The van der Waals surface area contributed by atoms with Crippen molar-refractivity contribution in [1.29, 1.82) is 0 Å². The largest absolute Gasteiger partial charge is 0.460 e. The quantitative estimate of drug-likeness (QED) is 0.867. The fraction of sp³-hybridized carbons (Fsp3) is 0.353. The Morgan fingerprint density at radius 2 is 1.75 bits per heavy atom. The van der Waals surface area contributed by atoms with Gasteiger partial charge in [-0.15, -0.1) is 0 Å². The molecule has 1 aliphatic heterocycles. The average Bonchev–Trinajstić information content (AvgIpc) is 2.57. The van der Waals surface area contributed by atoms with Gasteiger partial charge >= 0.3 is 6.01 Å². The molecule has 1 fully saturated rings. The third-order valence-corrected chi connectivity index (χ3v) is 3.94. The summed E-state index contributed by atoms with van der Waals surface area (Å²) in [6, 6.07) is 3.70. The Labute approximate surface area is 138 Å². The molecule has 2 aromatic rings. The molecule has 5 nitrogen and oxygen atoms in total. The number of rotatable bonds is 3. The van der Waals surface area contributed by atoms with Gasteiger partial charge in [0.15, 0.2) is 0 Å². The highest BCUT2D eigenvalue weighted by molar-refractivity contribution is 5.94. The molecule has 0 unspecified atom stereocenters. The van der Waals surface area contributed by atoms with Crippen molar-refractivity contribution in [1.82, 2.24) is 14.9 Å². The monoisotopic (exact) mass is 333 g/mol. The molecule has 1 aromatic carbocycles. The van der Waals surface area contributed by atoms with Crippen molar-refractivity contribution in [2.75, 3.05) is 13.1 Å². The molecule has 0 saturated carbocycles. The maximum absolute atomic E-state index is 13.7. The van der Waals surface area contributed by atoms with Crippen LogP contribution in [0, 0.1) is 18.6 Å². The topological polar surface area (TPSA) is 55.3 Å². The Bertz CT molecular complexity index is 709. The number of aromatic nitrogens is 2. The second kappa shape index (κ2) is 6.90. The maximum atomic E-state index is 13.7. The number of amides is 1. The fourth-order valence-electron chi connectivity index (χ4n) is 2.63. The van der Waals surface area contributed by atoms with Crippen molar-refractivity contribution >= 4 is 5.91 Å². The summed E-state index contributed by atoms with van der Waals surface area (Å²) < 4.78 is 33.1. The minimum absolute atomic E-state index is 0.123. The smallest absolute Gasteiger partial charge is 0.316 e. The van der Waals surface area contributed by atoms with Crippen LogP contribution in [0.5, 0.6) is 6.01 Å². The molecule has 1 aliphatic rings. The first-order chi connectivity index (χ1) is 11.5. The predicted molar refractivity (Wildman–Crippen MR) is 82.7 cm³/mol. The summed E-state index contributed by atoms with van der Waals surface area (Å²) in [6.07, 6.45) is 4.32. The van der Waals surface area contributed by atoms with Gasteiger partial charge in [0.05, 0.1) is 0 Å². The van der Waals surface area contributed by atoms with Crippen molar-refractivity contribution in [2.45, 2.75) is 25.9 Å². The number of halogens is 2. The first-order valence-electron chi connectivity index (χ1n) is 7.73. The summed E-state index contributed by atoms with van der Waals surface area (Å²) in [5.74, 6) is -2.31. The van der Waals surface area contributed by atoms with Gasteiger partial charge in [0.25, 0.3) is 5.91 Å². The lowest BCUT2D eigenvalue weighted by Gasteiger charge is -2.31. The Kier molecular flexibility index (Phi) is 4.69. The van der Waals surface area contributed by atoms with E-state index in [-0.39, 0.29) is 6.10 Å². The molecule has 24 heavy (non-hydrogen) atoms. The van der Waals surface area contributed by atoms with Gasteiger partial charge < -0.3 is 9.64 Å². The summed E-state index contributed by atoms with van der Waals surface area (Å²) in [7, 11) is 0. The van der Waals surface area contributed by atoms with E-state index in [2.05, 4.69) is 9.97 Å². The number of carbonyl (C=O) groups is 1. The van der Waals surface area contributed by atoms with Gasteiger partial charge in [-0.2, -0.15) is 0 Å². The number of hydrogen-bond acceptors (Lipinski definition) is 4. The molecule has 2 heterocycles. The van der Waals surface area contributed by atoms with Gasteiger partial charge in [-0.05, 0) is 24.6 Å². The van der Waals surface area contributed by atoms with Crippen molar-refractivity contribution in [3.63, 3.8) is 0 Å². The molecule has 7 heteroatoms. The Hall–Kier alpha value is -2.57. The standard InChI is InChI=1S/C17H17F2N3O2/c1-11-9-20-17(21-10-11)24-12-5-7-22(8-6-12)16(23)15-13(18)3-2-4-14(15)19/h2-4,9-10,12H,5-8H2,1H3. The van der Waals surface area contributed by atoms with Gasteiger partial charge in [0, 0.05) is 38.3 Å². The Morgan fingerprint density at radius 3 is 2.33 bits per heavy atom. The van der Waals surface area contributed by atoms with Gasteiger partial charge in [-0.1, -0.05) is 6.07 Å². The molecule has 0 N–H and O–H groups in total. The van der Waals surface area contributed by atoms with Crippen molar-refractivity contribution in [2.24, 2.45) is 0 Å². The van der Waals surface area contributed by atoms with Gasteiger partial charge in [-0.3, -0.25) is 4.79 Å². The molecule has 126 valence electrons. The molecule has 0 aliphatic carbocycles. The van der Waals surface area contributed by atoms with E-state index >= 15 is 0 Å². The second-order valence-electron chi connectivity index (χ2n) is 5.75. The molecular formula is C17H17F2N3O2. The van der Waals surface area contributed by atoms with Crippen LogP contribution in [0.4, 0.5) is 8.78 Å². The highest BCUT2D eigenvalue weighted by atomic mass is 19.1. The zero-order chi connectivity index (χ0) is 17.1. The lowest BCUT2D eigenvalue weighted by molar-refractivity contribution is 0.0570. The summed E-state index contributed by atoms with van der Waals surface area (Å²) >= 11 is 0. The van der Waals surface area contributed by atoms with E-state index < -0.39 is 23.1 Å². The van der Waals surface area contributed by atoms with E-state index in [0.717, 1.165) is 17.7 Å². The van der Waals surface area contributed by atoms with Crippen LogP contribution >= 0.6 is 0 Å². The summed E-state index contributed by atoms with van der Waals surface area (Å²) in [4.78, 5) is 21.9. The Balaban J connectivity index is 1.60. The minimum Gasteiger partial charge on any atom is -0.460 e. The van der Waals surface area contributed by atoms with Crippen molar-refractivity contribution < 1.29 is 18.3 Å². The van der Waals surface area contributed by atoms with Crippen LogP contribution in [0.25, 0.3) is 0 Å². The maximum Gasteiger partial charge on any atom is 0.316 e. The number of hydrogen-bond donors (Lipinski definition) is 0. The number of ether oxygens (including phenoxy) is 1. The lowest BCUT2D eigenvalue weighted by Crippen LogP contribution is -2.42. The van der Waals surface area contributed by atoms with Crippen LogP contribution in [-0.2, 0) is 0 Å². The third-order valence-electron chi connectivity index (χ3n) is 3.94. The normalized spacial score (nSPS) is 15.4. The number of nitrogens with zero attached hydrogens (tertiary/aromatic N) is 3. The predicted octanol–water partition coefficient (Wildman–Crippen LogP) is 2.75. The SMILES string of the molecule is Cc1cnc(OC2CCN(C(=O)c3c(F)cccc3F)CC2)nc1. The first kappa shape index (κ1) is 16.3. The highest BCUT2D eigenvalue weighted by Crippen LogP contribution is 2.20. The molecule has 1 saturated heterocycles. The average molecular weight is 333 g/mol. The number of aryl methyl sites for hydroxylation is 1. The summed E-state index contributed by atoms with van der Waals surface area (Å²) in [6.45, 7) is 2.61. The molecule has 0 atom stereocenters. The van der Waals surface area contributed by atoms with Gasteiger partial charge in [-0.25, -0.2) is 18.7 Å². The molecule has 0 radical (unpaired) electrons. The van der Waals surface area contributed by atoms with Crippen LogP contribution in [0.3, 0.4) is 0 Å². The molecule has 3 rings (SSSR count). The van der Waals surface area contributed by atoms with E-state index in [1.807, 2.05) is 6.92 Å². The van der Waals surface area contributed by atoms with Crippen molar-refractivity contribution in [3.8, 4) is 6.01 Å². The van der Waals surface area contributed by atoms with Crippen molar-refractivity contribution in [3.05, 3.63) is 53.4 Å². The number of piperidine rings is 1. The third kappa shape index (κ3) is 3.50. The fourth-order valence-corrected chi connectivity index (χ4v) is 2.63. The number of carbonyl (C=O) groups excluding carboxylic acids is 1. The van der Waals surface area contributed by atoms with E-state index in [4.69, 9.17) is 4.74 Å². The molecule has 1 amide bonds. The zero-order valence-corrected chi connectivity index (χ0v) is 13.2. The van der Waals surface area contributed by atoms with Crippen LogP contribution in [0.2, 0.25) is 0 Å². The molecular weight excluding hydrogens is 316 g/mol. The van der Waals surface area contributed by atoms with Crippen LogP contribution < -0.4 is 4.74 Å². The van der Waals surface area contributed by atoms with E-state index in [1.165, 1.54) is 11.0 Å². The minimum atomic E-state index is -0.841. The highest BCUT2D eigenvalue weighted by Gasteiger charge is 2.28. The zero-order valence-electron chi connectivity index (χ0n) is 13.2. The lowest BCUT2D eigenvalue weighted by atomic mass is 10.1. The number of likely N-dealkylation sites (tertiary alicyclic amines) is 1. The van der Waals surface area contributed by atoms with E-state index in [1.54, 1.807) is 12.4 Å². The van der Waals surface area contributed by atoms with Crippen LogP contribution in [0.15, 0.2) is 30.6 Å². The molecule has 0 spiro atoms.